The standard InChI is InChI=1S/C11H13F.C2H6/c1-7-5-8(2)11(9-3-4-9)10(12)6-7;1-2/h5-6,9H,3-4H2,1-2H3;1-2H3. The Labute approximate surface area is 86.2 Å². The molecule has 0 saturated heterocycles. The van der Waals surface area contributed by atoms with Gasteiger partial charge in [-0.05, 0) is 55.4 Å². The van der Waals surface area contributed by atoms with E-state index in [0.717, 1.165) is 16.7 Å². The zero-order chi connectivity index (χ0) is 10.7. The van der Waals surface area contributed by atoms with Crippen LogP contribution in [0.2, 0.25) is 0 Å². The maximum Gasteiger partial charge on any atom is 0.127 e. The molecule has 1 aliphatic carbocycles. The van der Waals surface area contributed by atoms with Crippen LogP contribution >= 0.6 is 0 Å². The molecule has 0 spiro atoms. The van der Waals surface area contributed by atoms with Crippen molar-refractivity contribution in [2.24, 2.45) is 0 Å². The summed E-state index contributed by atoms with van der Waals surface area (Å²) in [5.74, 6) is 0.514. The number of aryl methyl sites for hydroxylation is 2. The van der Waals surface area contributed by atoms with Crippen LogP contribution in [0, 0.1) is 19.7 Å². The van der Waals surface area contributed by atoms with E-state index in [9.17, 15) is 4.39 Å². The molecule has 0 unspecified atom stereocenters. The molecule has 0 atom stereocenters. The molecule has 0 N–H and O–H groups in total. The Morgan fingerprint density at radius 1 is 1.14 bits per heavy atom. The minimum absolute atomic E-state index is 0.00463. The highest BCUT2D eigenvalue weighted by atomic mass is 19.1. The van der Waals surface area contributed by atoms with Crippen LogP contribution < -0.4 is 0 Å². The molecule has 1 aromatic carbocycles. The zero-order valence-electron chi connectivity index (χ0n) is 9.52. The van der Waals surface area contributed by atoms with E-state index in [1.165, 1.54) is 12.8 Å². The first-order valence-electron chi connectivity index (χ1n) is 5.45. The lowest BCUT2D eigenvalue weighted by molar-refractivity contribution is 0.607. The molecule has 0 heterocycles. The van der Waals surface area contributed by atoms with E-state index in [1.54, 1.807) is 6.07 Å². The van der Waals surface area contributed by atoms with Crippen molar-refractivity contribution in [2.75, 3.05) is 0 Å². The summed E-state index contributed by atoms with van der Waals surface area (Å²) < 4.78 is 13.4. The average Bonchev–Trinajstić information content (AvgIpc) is 2.90. The molecule has 1 fully saturated rings. The van der Waals surface area contributed by atoms with Crippen LogP contribution in [0.25, 0.3) is 0 Å². The normalized spacial score (nSPS) is 14.6. The van der Waals surface area contributed by atoms with Gasteiger partial charge in [-0.3, -0.25) is 0 Å². The van der Waals surface area contributed by atoms with Crippen molar-refractivity contribution in [3.05, 3.63) is 34.6 Å². The summed E-state index contributed by atoms with van der Waals surface area (Å²) in [4.78, 5) is 0. The van der Waals surface area contributed by atoms with E-state index < -0.39 is 0 Å². The van der Waals surface area contributed by atoms with Gasteiger partial charge in [0.05, 0.1) is 0 Å². The third-order valence-corrected chi connectivity index (χ3v) is 2.47. The molecule has 0 nitrogen and oxygen atoms in total. The molecule has 78 valence electrons. The van der Waals surface area contributed by atoms with Crippen LogP contribution in [0.1, 0.15) is 49.3 Å². The first kappa shape index (κ1) is 11.2. The van der Waals surface area contributed by atoms with Crippen molar-refractivity contribution in [3.63, 3.8) is 0 Å². The third kappa shape index (κ3) is 2.34. The first-order valence-corrected chi connectivity index (χ1v) is 5.45. The Morgan fingerprint density at radius 2 is 1.71 bits per heavy atom. The van der Waals surface area contributed by atoms with Gasteiger partial charge in [0.2, 0.25) is 0 Å². The monoisotopic (exact) mass is 194 g/mol. The van der Waals surface area contributed by atoms with Gasteiger partial charge in [0.25, 0.3) is 0 Å². The number of rotatable bonds is 1. The minimum Gasteiger partial charge on any atom is -0.207 e. The molecule has 14 heavy (non-hydrogen) atoms. The van der Waals surface area contributed by atoms with Gasteiger partial charge >= 0.3 is 0 Å². The summed E-state index contributed by atoms with van der Waals surface area (Å²) >= 11 is 0. The summed E-state index contributed by atoms with van der Waals surface area (Å²) in [7, 11) is 0. The van der Waals surface area contributed by atoms with Gasteiger partial charge in [-0.2, -0.15) is 0 Å². The van der Waals surface area contributed by atoms with E-state index in [2.05, 4.69) is 6.07 Å². The Kier molecular flexibility index (Phi) is 3.68. The number of halogens is 1. The second-order valence-corrected chi connectivity index (χ2v) is 3.75. The fourth-order valence-corrected chi connectivity index (χ4v) is 1.82. The molecule has 2 rings (SSSR count). The smallest absolute Gasteiger partial charge is 0.127 e. The Bertz CT molecular complexity index is 288. The first-order chi connectivity index (χ1) is 6.68. The molecule has 0 radical (unpaired) electrons. The van der Waals surface area contributed by atoms with E-state index in [1.807, 2.05) is 27.7 Å². The SMILES string of the molecule is CC.Cc1cc(C)c(C2CC2)c(F)c1. The maximum absolute atomic E-state index is 13.4. The van der Waals surface area contributed by atoms with Gasteiger partial charge in [0.15, 0.2) is 0 Å². The fraction of sp³-hybridized carbons (Fsp3) is 0.538. The number of hydrogen-bond donors (Lipinski definition) is 0. The highest BCUT2D eigenvalue weighted by Gasteiger charge is 2.27. The summed E-state index contributed by atoms with van der Waals surface area (Å²) in [6.45, 7) is 7.94. The molecule has 0 bridgehead atoms. The van der Waals surface area contributed by atoms with Crippen LogP contribution in [0.15, 0.2) is 12.1 Å². The lowest BCUT2D eigenvalue weighted by Gasteiger charge is -2.06. The van der Waals surface area contributed by atoms with Crippen LogP contribution in [0.5, 0.6) is 0 Å². The van der Waals surface area contributed by atoms with Crippen LogP contribution in [-0.4, -0.2) is 0 Å². The summed E-state index contributed by atoms with van der Waals surface area (Å²) in [6.07, 6.45) is 2.33. The van der Waals surface area contributed by atoms with Gasteiger partial charge in [-0.15, -0.1) is 0 Å². The van der Waals surface area contributed by atoms with Gasteiger partial charge in [0.1, 0.15) is 5.82 Å². The van der Waals surface area contributed by atoms with Crippen molar-refractivity contribution in [1.82, 2.24) is 0 Å². The van der Waals surface area contributed by atoms with Gasteiger partial charge in [-0.1, -0.05) is 19.9 Å². The van der Waals surface area contributed by atoms with Crippen molar-refractivity contribution in [1.29, 1.82) is 0 Å². The predicted molar refractivity (Wildman–Crippen MR) is 59.2 cm³/mol. The quantitative estimate of drug-likeness (QED) is 0.623. The molecule has 1 aromatic rings. The predicted octanol–water partition coefficient (Wildman–Crippen LogP) is 4.35. The van der Waals surface area contributed by atoms with E-state index in [0.29, 0.717) is 5.92 Å². The molecule has 0 aromatic heterocycles. The van der Waals surface area contributed by atoms with E-state index in [-0.39, 0.29) is 5.82 Å². The van der Waals surface area contributed by atoms with Gasteiger partial charge < -0.3 is 0 Å². The summed E-state index contributed by atoms with van der Waals surface area (Å²) in [6, 6.07) is 3.71. The lowest BCUT2D eigenvalue weighted by Crippen LogP contribution is -1.93. The topological polar surface area (TPSA) is 0 Å². The third-order valence-electron chi connectivity index (χ3n) is 2.47. The molecule has 1 saturated carbocycles. The highest BCUT2D eigenvalue weighted by Crippen LogP contribution is 2.42. The van der Waals surface area contributed by atoms with Crippen molar-refractivity contribution < 1.29 is 4.39 Å². The summed E-state index contributed by atoms with van der Waals surface area (Å²) in [5, 5.41) is 0. The maximum atomic E-state index is 13.4. The van der Waals surface area contributed by atoms with Crippen molar-refractivity contribution in [3.8, 4) is 0 Å². The number of benzene rings is 1. The zero-order valence-corrected chi connectivity index (χ0v) is 9.52. The van der Waals surface area contributed by atoms with Crippen LogP contribution in [-0.2, 0) is 0 Å². The second kappa shape index (κ2) is 4.59. The molecule has 0 amide bonds. The summed E-state index contributed by atoms with van der Waals surface area (Å²) in [5.41, 5.74) is 3.10. The molecule has 0 aliphatic heterocycles. The highest BCUT2D eigenvalue weighted by molar-refractivity contribution is 5.36. The average molecular weight is 194 g/mol. The van der Waals surface area contributed by atoms with Gasteiger partial charge in [-0.25, -0.2) is 4.39 Å². The molecular formula is C13H19F. The number of hydrogen-bond acceptors (Lipinski definition) is 0. The molecule has 1 aliphatic rings. The van der Waals surface area contributed by atoms with E-state index in [4.69, 9.17) is 0 Å². The van der Waals surface area contributed by atoms with E-state index >= 15 is 0 Å². The fourth-order valence-electron chi connectivity index (χ4n) is 1.82. The Balaban J connectivity index is 0.000000461. The lowest BCUT2D eigenvalue weighted by atomic mass is 10.0. The Hall–Kier alpha value is -0.850. The second-order valence-electron chi connectivity index (χ2n) is 3.75. The van der Waals surface area contributed by atoms with Crippen LogP contribution in [0.4, 0.5) is 4.39 Å². The molecule has 1 heteroatoms. The van der Waals surface area contributed by atoms with Gasteiger partial charge in [0, 0.05) is 0 Å². The van der Waals surface area contributed by atoms with Crippen molar-refractivity contribution >= 4 is 0 Å². The largest absolute Gasteiger partial charge is 0.207 e. The molecular weight excluding hydrogens is 175 g/mol. The van der Waals surface area contributed by atoms with Crippen molar-refractivity contribution in [2.45, 2.75) is 46.5 Å². The minimum atomic E-state index is -0.00463. The Morgan fingerprint density at radius 3 is 2.14 bits per heavy atom. The van der Waals surface area contributed by atoms with Crippen LogP contribution in [0.3, 0.4) is 0 Å².